The van der Waals surface area contributed by atoms with E-state index in [-0.39, 0.29) is 5.92 Å². The number of anilines is 1. The highest BCUT2D eigenvalue weighted by molar-refractivity contribution is 5.62. The van der Waals surface area contributed by atoms with Gasteiger partial charge in [0.15, 0.2) is 17.3 Å². The van der Waals surface area contributed by atoms with Crippen LogP contribution in [0.5, 0.6) is 0 Å². The predicted octanol–water partition coefficient (Wildman–Crippen LogP) is 2.14. The number of nitrogens with zero attached hydrogens (tertiary/aromatic N) is 1. The number of nitro groups is 1. The molecule has 0 spiro atoms. The highest BCUT2D eigenvalue weighted by Crippen LogP contribution is 2.29. The SMILES string of the molecule is CNCC(C)CNc1c([N+](=O)[O-])ccc(F)c1F. The maximum Gasteiger partial charge on any atom is 0.295 e. The molecule has 0 aliphatic heterocycles. The van der Waals surface area contributed by atoms with Gasteiger partial charge in [-0.3, -0.25) is 10.1 Å². The first-order valence-corrected chi connectivity index (χ1v) is 5.48. The van der Waals surface area contributed by atoms with Crippen LogP contribution in [0.4, 0.5) is 20.2 Å². The molecule has 0 bridgehead atoms. The summed E-state index contributed by atoms with van der Waals surface area (Å²) in [5.41, 5.74) is -0.867. The normalized spacial score (nSPS) is 12.2. The molecule has 7 heteroatoms. The summed E-state index contributed by atoms with van der Waals surface area (Å²) >= 11 is 0. The number of benzene rings is 1. The van der Waals surface area contributed by atoms with Crippen LogP contribution in [-0.2, 0) is 0 Å². The lowest BCUT2D eigenvalue weighted by molar-refractivity contribution is -0.384. The van der Waals surface area contributed by atoms with Gasteiger partial charge in [-0.25, -0.2) is 8.78 Å². The Morgan fingerprint density at radius 2 is 2.06 bits per heavy atom. The number of hydrogen-bond acceptors (Lipinski definition) is 4. The van der Waals surface area contributed by atoms with Gasteiger partial charge in [0.25, 0.3) is 5.69 Å². The van der Waals surface area contributed by atoms with Crippen molar-refractivity contribution in [3.05, 3.63) is 33.9 Å². The lowest BCUT2D eigenvalue weighted by Crippen LogP contribution is -2.23. The first-order chi connectivity index (χ1) is 8.47. The summed E-state index contributed by atoms with van der Waals surface area (Å²) in [4.78, 5) is 9.98. The Morgan fingerprint density at radius 1 is 1.39 bits per heavy atom. The highest BCUT2D eigenvalue weighted by Gasteiger charge is 2.21. The summed E-state index contributed by atoms with van der Waals surface area (Å²) in [6.45, 7) is 2.85. The van der Waals surface area contributed by atoms with E-state index < -0.39 is 27.9 Å². The van der Waals surface area contributed by atoms with Crippen LogP contribution in [0.15, 0.2) is 12.1 Å². The average molecular weight is 259 g/mol. The summed E-state index contributed by atoms with van der Waals surface area (Å²) in [5, 5.41) is 16.2. The molecule has 0 aliphatic carbocycles. The van der Waals surface area contributed by atoms with Crippen LogP contribution >= 0.6 is 0 Å². The summed E-state index contributed by atoms with van der Waals surface area (Å²) in [6.07, 6.45) is 0. The third-order valence-electron chi connectivity index (χ3n) is 2.45. The Kier molecular flexibility index (Phi) is 4.96. The van der Waals surface area contributed by atoms with E-state index in [1.807, 2.05) is 6.92 Å². The molecule has 1 aromatic carbocycles. The molecular weight excluding hydrogens is 244 g/mol. The van der Waals surface area contributed by atoms with Gasteiger partial charge < -0.3 is 10.6 Å². The maximum absolute atomic E-state index is 13.5. The van der Waals surface area contributed by atoms with Gasteiger partial charge in [-0.1, -0.05) is 6.92 Å². The lowest BCUT2D eigenvalue weighted by Gasteiger charge is -2.13. The third kappa shape index (κ3) is 3.36. The number of nitro benzene ring substituents is 1. The largest absolute Gasteiger partial charge is 0.377 e. The van der Waals surface area contributed by atoms with Gasteiger partial charge in [-0.05, 0) is 25.6 Å². The number of halogens is 2. The van der Waals surface area contributed by atoms with Gasteiger partial charge in [0.1, 0.15) is 0 Å². The molecule has 1 unspecified atom stereocenters. The summed E-state index contributed by atoms with van der Waals surface area (Å²) in [5.74, 6) is -2.21. The minimum atomic E-state index is -1.22. The van der Waals surface area contributed by atoms with Crippen molar-refractivity contribution in [2.75, 3.05) is 25.5 Å². The van der Waals surface area contributed by atoms with E-state index in [0.29, 0.717) is 13.1 Å². The molecule has 0 amide bonds. The van der Waals surface area contributed by atoms with Crippen LogP contribution in [-0.4, -0.2) is 25.1 Å². The Bertz CT molecular complexity index is 441. The van der Waals surface area contributed by atoms with Crippen molar-refractivity contribution in [3.8, 4) is 0 Å². The van der Waals surface area contributed by atoms with Crippen molar-refractivity contribution in [2.45, 2.75) is 6.92 Å². The van der Waals surface area contributed by atoms with Gasteiger partial charge in [0.2, 0.25) is 0 Å². The molecule has 0 aliphatic rings. The summed E-state index contributed by atoms with van der Waals surface area (Å²) < 4.78 is 26.5. The molecule has 1 aromatic rings. The average Bonchev–Trinajstić information content (AvgIpc) is 2.31. The Labute approximate surface area is 103 Å². The minimum absolute atomic E-state index is 0.122. The lowest BCUT2D eigenvalue weighted by atomic mass is 10.1. The standard InChI is InChI=1S/C11H15F2N3O2/c1-7(5-14-2)6-15-11-9(16(17)18)4-3-8(12)10(11)13/h3-4,7,14-15H,5-6H2,1-2H3. The Morgan fingerprint density at radius 3 is 2.61 bits per heavy atom. The molecule has 0 fully saturated rings. The van der Waals surface area contributed by atoms with Crippen LogP contribution in [0.3, 0.4) is 0 Å². The van der Waals surface area contributed by atoms with E-state index in [9.17, 15) is 18.9 Å². The van der Waals surface area contributed by atoms with Crippen molar-refractivity contribution in [3.63, 3.8) is 0 Å². The summed E-state index contributed by atoms with van der Waals surface area (Å²) in [6, 6.07) is 1.69. The second-order valence-electron chi connectivity index (χ2n) is 4.06. The van der Waals surface area contributed by atoms with Gasteiger partial charge >= 0.3 is 0 Å². The molecule has 0 aromatic heterocycles. The van der Waals surface area contributed by atoms with Crippen molar-refractivity contribution in [1.82, 2.24) is 5.32 Å². The van der Waals surface area contributed by atoms with Crippen molar-refractivity contribution >= 4 is 11.4 Å². The van der Waals surface area contributed by atoms with E-state index in [1.54, 1.807) is 7.05 Å². The number of hydrogen-bond donors (Lipinski definition) is 2. The van der Waals surface area contributed by atoms with Gasteiger partial charge in [0, 0.05) is 12.6 Å². The fourth-order valence-electron chi connectivity index (χ4n) is 1.56. The highest BCUT2D eigenvalue weighted by atomic mass is 19.2. The zero-order valence-electron chi connectivity index (χ0n) is 10.2. The van der Waals surface area contributed by atoms with E-state index in [0.717, 1.165) is 12.1 Å². The quantitative estimate of drug-likeness (QED) is 0.606. The van der Waals surface area contributed by atoms with Gasteiger partial charge in [-0.2, -0.15) is 0 Å². The molecule has 0 radical (unpaired) electrons. The molecule has 0 saturated carbocycles. The second kappa shape index (κ2) is 6.25. The smallest absolute Gasteiger partial charge is 0.295 e. The fraction of sp³-hybridized carbons (Fsp3) is 0.455. The topological polar surface area (TPSA) is 67.2 Å². The monoisotopic (exact) mass is 259 g/mol. The molecule has 100 valence electrons. The van der Waals surface area contributed by atoms with E-state index >= 15 is 0 Å². The molecule has 5 nitrogen and oxygen atoms in total. The molecule has 1 atom stereocenters. The van der Waals surface area contributed by atoms with Crippen molar-refractivity contribution < 1.29 is 13.7 Å². The van der Waals surface area contributed by atoms with E-state index in [4.69, 9.17) is 0 Å². The van der Waals surface area contributed by atoms with Crippen molar-refractivity contribution in [2.24, 2.45) is 5.92 Å². The van der Waals surface area contributed by atoms with Crippen LogP contribution in [0.1, 0.15) is 6.92 Å². The van der Waals surface area contributed by atoms with E-state index in [2.05, 4.69) is 10.6 Å². The first-order valence-electron chi connectivity index (χ1n) is 5.48. The first kappa shape index (κ1) is 14.3. The molecular formula is C11H15F2N3O2. The molecule has 18 heavy (non-hydrogen) atoms. The van der Waals surface area contributed by atoms with Crippen LogP contribution in [0.25, 0.3) is 0 Å². The zero-order valence-corrected chi connectivity index (χ0v) is 10.2. The Balaban J connectivity index is 2.92. The van der Waals surface area contributed by atoms with Crippen LogP contribution < -0.4 is 10.6 Å². The number of nitrogens with one attached hydrogen (secondary N) is 2. The molecule has 2 N–H and O–H groups in total. The molecule has 0 heterocycles. The van der Waals surface area contributed by atoms with Crippen LogP contribution in [0.2, 0.25) is 0 Å². The van der Waals surface area contributed by atoms with Crippen LogP contribution in [0, 0.1) is 27.7 Å². The van der Waals surface area contributed by atoms with Crippen molar-refractivity contribution in [1.29, 1.82) is 0 Å². The van der Waals surface area contributed by atoms with E-state index in [1.165, 1.54) is 0 Å². The molecule has 1 rings (SSSR count). The summed E-state index contributed by atoms with van der Waals surface area (Å²) in [7, 11) is 1.77. The predicted molar refractivity (Wildman–Crippen MR) is 64.6 cm³/mol. The second-order valence-corrected chi connectivity index (χ2v) is 4.06. The maximum atomic E-state index is 13.5. The minimum Gasteiger partial charge on any atom is -0.377 e. The fourth-order valence-corrected chi connectivity index (χ4v) is 1.56. The number of rotatable bonds is 6. The molecule has 0 saturated heterocycles. The zero-order chi connectivity index (χ0) is 13.7. The van der Waals surface area contributed by atoms with Gasteiger partial charge in [0.05, 0.1) is 4.92 Å². The third-order valence-corrected chi connectivity index (χ3v) is 2.45. The van der Waals surface area contributed by atoms with Gasteiger partial charge in [-0.15, -0.1) is 0 Å². The Hall–Kier alpha value is -1.76.